The summed E-state index contributed by atoms with van der Waals surface area (Å²) in [5.74, 6) is 0.551. The number of nitrogens with zero attached hydrogens (tertiary/aromatic N) is 2. The first-order valence-electron chi connectivity index (χ1n) is 10.4. The molecule has 2 aliphatic rings. The molecule has 1 saturated carbocycles. The molecule has 1 aliphatic heterocycles. The third-order valence-electron chi connectivity index (χ3n) is 6.02. The Morgan fingerprint density at radius 3 is 2.39 bits per heavy atom. The molecule has 1 aromatic heterocycles. The minimum atomic E-state index is -4.63. The summed E-state index contributed by atoms with van der Waals surface area (Å²) in [4.78, 5) is 18.3. The molecule has 0 spiro atoms. The Balaban J connectivity index is 1.73. The van der Waals surface area contributed by atoms with Gasteiger partial charge in [-0.15, -0.1) is 0 Å². The third-order valence-corrected chi connectivity index (χ3v) is 6.02. The molecule has 2 fully saturated rings. The second kappa shape index (κ2) is 9.14. The van der Waals surface area contributed by atoms with Crippen molar-refractivity contribution in [3.05, 3.63) is 23.4 Å². The van der Waals surface area contributed by atoms with Gasteiger partial charge in [-0.05, 0) is 44.1 Å². The molecule has 156 valence electrons. The summed E-state index contributed by atoms with van der Waals surface area (Å²) in [6, 6.07) is 0.853. The Hall–Kier alpha value is -1.79. The van der Waals surface area contributed by atoms with Gasteiger partial charge >= 0.3 is 12.1 Å². The predicted molar refractivity (Wildman–Crippen MR) is 101 cm³/mol. The van der Waals surface area contributed by atoms with Gasteiger partial charge in [-0.1, -0.05) is 32.1 Å². The van der Waals surface area contributed by atoms with Crippen LogP contribution in [0.2, 0.25) is 0 Å². The van der Waals surface area contributed by atoms with E-state index >= 15 is 0 Å². The van der Waals surface area contributed by atoms with Gasteiger partial charge in [-0.25, -0.2) is 9.78 Å². The SMILES string of the molecule is CCOC(=O)c1c(C(F)(F)F)ccnc1N1CCC(CC2CCCCC2)CC1. The summed E-state index contributed by atoms with van der Waals surface area (Å²) in [5, 5.41) is 0. The van der Waals surface area contributed by atoms with E-state index in [0.29, 0.717) is 19.0 Å². The fourth-order valence-corrected chi connectivity index (χ4v) is 4.61. The van der Waals surface area contributed by atoms with Crippen molar-refractivity contribution in [2.24, 2.45) is 11.8 Å². The van der Waals surface area contributed by atoms with Crippen LogP contribution in [0.25, 0.3) is 0 Å². The Kier molecular flexibility index (Phi) is 6.83. The minimum absolute atomic E-state index is 0.0218. The van der Waals surface area contributed by atoms with Crippen LogP contribution in [0.15, 0.2) is 12.3 Å². The lowest BCUT2D eigenvalue weighted by Crippen LogP contribution is -2.36. The number of anilines is 1. The number of carbonyl (C=O) groups excluding carboxylic acids is 1. The summed E-state index contributed by atoms with van der Waals surface area (Å²) in [7, 11) is 0. The van der Waals surface area contributed by atoms with Crippen LogP contribution in [0.5, 0.6) is 0 Å². The quantitative estimate of drug-likeness (QED) is 0.618. The third kappa shape index (κ3) is 4.97. The van der Waals surface area contributed by atoms with Crippen LogP contribution in [0.4, 0.5) is 19.0 Å². The van der Waals surface area contributed by atoms with Crippen LogP contribution in [-0.2, 0) is 10.9 Å². The number of esters is 1. The van der Waals surface area contributed by atoms with Crippen LogP contribution >= 0.6 is 0 Å². The topological polar surface area (TPSA) is 42.4 Å². The van der Waals surface area contributed by atoms with Crippen LogP contribution in [0.3, 0.4) is 0 Å². The van der Waals surface area contributed by atoms with Gasteiger partial charge in [-0.2, -0.15) is 13.2 Å². The molecule has 0 radical (unpaired) electrons. The summed E-state index contributed by atoms with van der Waals surface area (Å²) in [5.41, 5.74) is -1.43. The highest BCUT2D eigenvalue weighted by molar-refractivity contribution is 5.96. The van der Waals surface area contributed by atoms with Crippen LogP contribution in [0, 0.1) is 11.8 Å². The first-order valence-corrected chi connectivity index (χ1v) is 10.4. The van der Waals surface area contributed by atoms with E-state index in [4.69, 9.17) is 4.74 Å². The molecule has 3 rings (SSSR count). The number of aromatic nitrogens is 1. The summed E-state index contributed by atoms with van der Waals surface area (Å²) in [6.45, 7) is 2.85. The largest absolute Gasteiger partial charge is 0.462 e. The summed E-state index contributed by atoms with van der Waals surface area (Å²) < 4.78 is 45.3. The second-order valence-electron chi connectivity index (χ2n) is 7.95. The zero-order chi connectivity index (χ0) is 20.1. The molecule has 0 N–H and O–H groups in total. The average molecular weight is 398 g/mol. The molecule has 4 nitrogen and oxygen atoms in total. The number of piperidine rings is 1. The molecule has 0 amide bonds. The molecule has 7 heteroatoms. The average Bonchev–Trinajstić information content (AvgIpc) is 2.68. The van der Waals surface area contributed by atoms with E-state index in [1.165, 1.54) is 38.5 Å². The monoisotopic (exact) mass is 398 g/mol. The van der Waals surface area contributed by atoms with Gasteiger partial charge in [0.05, 0.1) is 12.2 Å². The molecule has 1 aromatic rings. The minimum Gasteiger partial charge on any atom is -0.462 e. The van der Waals surface area contributed by atoms with Crippen molar-refractivity contribution in [1.82, 2.24) is 4.98 Å². The van der Waals surface area contributed by atoms with Crippen molar-refractivity contribution < 1.29 is 22.7 Å². The first-order chi connectivity index (χ1) is 13.4. The fourth-order valence-electron chi connectivity index (χ4n) is 4.61. The van der Waals surface area contributed by atoms with E-state index < -0.39 is 23.3 Å². The number of alkyl halides is 3. The number of rotatable bonds is 5. The smallest absolute Gasteiger partial charge is 0.417 e. The highest BCUT2D eigenvalue weighted by Crippen LogP contribution is 2.38. The van der Waals surface area contributed by atoms with Crippen molar-refractivity contribution in [2.45, 2.75) is 64.5 Å². The van der Waals surface area contributed by atoms with Gasteiger partial charge in [0.15, 0.2) is 0 Å². The fraction of sp³-hybridized carbons (Fsp3) is 0.714. The van der Waals surface area contributed by atoms with Crippen molar-refractivity contribution in [2.75, 3.05) is 24.6 Å². The lowest BCUT2D eigenvalue weighted by Gasteiger charge is -2.36. The molecule has 0 atom stereocenters. The van der Waals surface area contributed by atoms with Gasteiger partial charge in [-0.3, -0.25) is 0 Å². The molecule has 28 heavy (non-hydrogen) atoms. The number of hydrogen-bond acceptors (Lipinski definition) is 4. The number of halogens is 3. The zero-order valence-corrected chi connectivity index (χ0v) is 16.4. The number of ether oxygens (including phenoxy) is 1. The maximum atomic E-state index is 13.5. The number of carbonyl (C=O) groups is 1. The van der Waals surface area contributed by atoms with Crippen molar-refractivity contribution in [3.8, 4) is 0 Å². The number of pyridine rings is 1. The van der Waals surface area contributed by atoms with Gasteiger partial charge < -0.3 is 9.64 Å². The second-order valence-corrected chi connectivity index (χ2v) is 7.95. The Labute approximate surface area is 164 Å². The Morgan fingerprint density at radius 2 is 1.79 bits per heavy atom. The number of hydrogen-bond donors (Lipinski definition) is 0. The summed E-state index contributed by atoms with van der Waals surface area (Å²) >= 11 is 0. The van der Waals surface area contributed by atoms with E-state index in [1.54, 1.807) is 6.92 Å². The van der Waals surface area contributed by atoms with E-state index in [2.05, 4.69) is 4.98 Å². The van der Waals surface area contributed by atoms with Gasteiger partial charge in [0.1, 0.15) is 11.4 Å². The van der Waals surface area contributed by atoms with Crippen molar-refractivity contribution >= 4 is 11.8 Å². The van der Waals surface area contributed by atoms with Crippen LogP contribution in [0.1, 0.15) is 74.2 Å². The molecular formula is C21H29F3N2O2. The van der Waals surface area contributed by atoms with Crippen molar-refractivity contribution in [1.29, 1.82) is 0 Å². The van der Waals surface area contributed by atoms with Crippen LogP contribution in [-0.4, -0.2) is 30.6 Å². The lowest BCUT2D eigenvalue weighted by atomic mass is 9.80. The standard InChI is InChI=1S/C21H29F3N2O2/c1-2-28-20(27)18-17(21(22,23)24)8-11-25-19(18)26-12-9-16(10-13-26)14-15-6-4-3-5-7-15/h8,11,15-16H,2-7,9-10,12-14H2,1H3. The molecule has 0 unspecified atom stereocenters. The zero-order valence-electron chi connectivity index (χ0n) is 16.4. The van der Waals surface area contributed by atoms with E-state index in [9.17, 15) is 18.0 Å². The van der Waals surface area contributed by atoms with Gasteiger partial charge in [0.2, 0.25) is 0 Å². The molecule has 0 aromatic carbocycles. The molecule has 1 saturated heterocycles. The van der Waals surface area contributed by atoms with Crippen molar-refractivity contribution in [3.63, 3.8) is 0 Å². The first kappa shape index (κ1) is 20.9. The highest BCUT2D eigenvalue weighted by Gasteiger charge is 2.39. The maximum Gasteiger partial charge on any atom is 0.417 e. The molecular weight excluding hydrogens is 369 g/mol. The predicted octanol–water partition coefficient (Wildman–Crippen LogP) is 5.46. The molecule has 0 bridgehead atoms. The lowest BCUT2D eigenvalue weighted by molar-refractivity contribution is -0.138. The maximum absolute atomic E-state index is 13.5. The Bertz CT molecular complexity index is 664. The van der Waals surface area contributed by atoms with E-state index in [1.807, 2.05) is 4.90 Å². The Morgan fingerprint density at radius 1 is 1.14 bits per heavy atom. The van der Waals surface area contributed by atoms with Gasteiger partial charge in [0, 0.05) is 19.3 Å². The molecule has 1 aliphatic carbocycles. The normalized spacial score (nSPS) is 19.6. The van der Waals surface area contributed by atoms with E-state index in [-0.39, 0.29) is 12.4 Å². The summed E-state index contributed by atoms with van der Waals surface area (Å²) in [6.07, 6.45) is 6.18. The van der Waals surface area contributed by atoms with Gasteiger partial charge in [0.25, 0.3) is 0 Å². The molecule has 2 heterocycles. The van der Waals surface area contributed by atoms with E-state index in [0.717, 1.165) is 31.0 Å². The highest BCUT2D eigenvalue weighted by atomic mass is 19.4. The van der Waals surface area contributed by atoms with Crippen LogP contribution < -0.4 is 4.90 Å².